The molecule has 1 fully saturated rings. The predicted octanol–water partition coefficient (Wildman–Crippen LogP) is 2.53. The molecular formula is C16H26N2O2. The molecule has 0 bridgehead atoms. The summed E-state index contributed by atoms with van der Waals surface area (Å²) < 4.78 is 5.88. The Morgan fingerprint density at radius 1 is 1.40 bits per heavy atom. The maximum absolute atomic E-state index is 9.38. The van der Waals surface area contributed by atoms with Gasteiger partial charge in [-0.1, -0.05) is 13.8 Å². The average molecular weight is 278 g/mol. The molecule has 0 radical (unpaired) electrons. The Hall–Kier alpha value is -1.13. The first-order chi connectivity index (χ1) is 9.76. The lowest BCUT2D eigenvalue weighted by Crippen LogP contribution is -2.40. The van der Waals surface area contributed by atoms with Crippen molar-refractivity contribution in [1.29, 1.82) is 0 Å². The van der Waals surface area contributed by atoms with Gasteiger partial charge < -0.3 is 14.7 Å². The highest BCUT2D eigenvalue weighted by Crippen LogP contribution is 2.22. The molecule has 0 aliphatic carbocycles. The third kappa shape index (κ3) is 3.93. The van der Waals surface area contributed by atoms with Crippen LogP contribution in [0.3, 0.4) is 0 Å². The van der Waals surface area contributed by atoms with E-state index in [9.17, 15) is 5.11 Å². The molecule has 0 aromatic carbocycles. The summed E-state index contributed by atoms with van der Waals surface area (Å²) >= 11 is 0. The summed E-state index contributed by atoms with van der Waals surface area (Å²) in [6, 6.07) is 3.99. The van der Waals surface area contributed by atoms with Gasteiger partial charge in [-0.25, -0.2) is 4.98 Å². The molecule has 2 rings (SSSR count). The van der Waals surface area contributed by atoms with Crippen molar-refractivity contribution < 1.29 is 9.84 Å². The minimum Gasteiger partial charge on any atom is -0.392 e. The van der Waals surface area contributed by atoms with Crippen molar-refractivity contribution >= 4 is 5.82 Å². The molecule has 1 aromatic heterocycles. The molecule has 2 heterocycles. The lowest BCUT2D eigenvalue weighted by molar-refractivity contribution is 0.0439. The summed E-state index contributed by atoms with van der Waals surface area (Å²) in [5.74, 6) is 0.984. The van der Waals surface area contributed by atoms with Crippen molar-refractivity contribution in [2.75, 3.05) is 24.6 Å². The second kappa shape index (κ2) is 7.60. The summed E-state index contributed by atoms with van der Waals surface area (Å²) in [4.78, 5) is 6.99. The fourth-order valence-electron chi connectivity index (χ4n) is 2.63. The Morgan fingerprint density at radius 3 is 2.95 bits per heavy atom. The van der Waals surface area contributed by atoms with Gasteiger partial charge in [-0.2, -0.15) is 0 Å². The van der Waals surface area contributed by atoms with Crippen molar-refractivity contribution in [3.05, 3.63) is 23.4 Å². The number of hydrogen-bond acceptors (Lipinski definition) is 4. The van der Waals surface area contributed by atoms with Crippen molar-refractivity contribution in [1.82, 2.24) is 4.98 Å². The number of anilines is 1. The summed E-state index contributed by atoms with van der Waals surface area (Å²) in [5.41, 5.74) is 1.99. The summed E-state index contributed by atoms with van der Waals surface area (Å²) in [6.07, 6.45) is 4.55. The Labute approximate surface area is 121 Å². The van der Waals surface area contributed by atoms with Crippen LogP contribution in [0.25, 0.3) is 0 Å². The number of pyridine rings is 1. The van der Waals surface area contributed by atoms with E-state index in [2.05, 4.69) is 18.7 Å². The van der Waals surface area contributed by atoms with E-state index in [1.54, 1.807) is 0 Å². The van der Waals surface area contributed by atoms with Crippen molar-refractivity contribution in [2.45, 2.75) is 52.2 Å². The van der Waals surface area contributed by atoms with Gasteiger partial charge >= 0.3 is 0 Å². The van der Waals surface area contributed by atoms with Crippen LogP contribution in [0.1, 0.15) is 44.4 Å². The predicted molar refractivity (Wildman–Crippen MR) is 81.0 cm³/mol. The number of aliphatic hydroxyl groups is 1. The number of piperidine rings is 1. The van der Waals surface area contributed by atoms with E-state index < -0.39 is 0 Å². The van der Waals surface area contributed by atoms with E-state index >= 15 is 0 Å². The quantitative estimate of drug-likeness (QED) is 0.868. The van der Waals surface area contributed by atoms with E-state index in [4.69, 9.17) is 9.72 Å². The molecule has 112 valence electrons. The molecule has 1 aromatic rings. The number of aryl methyl sites for hydroxylation is 1. The molecule has 4 nitrogen and oxygen atoms in total. The van der Waals surface area contributed by atoms with Gasteiger partial charge in [-0.05, 0) is 43.4 Å². The monoisotopic (exact) mass is 278 g/mol. The highest BCUT2D eigenvalue weighted by atomic mass is 16.5. The maximum atomic E-state index is 9.38. The smallest absolute Gasteiger partial charge is 0.129 e. The Morgan fingerprint density at radius 2 is 2.25 bits per heavy atom. The Kier molecular flexibility index (Phi) is 5.80. The average Bonchev–Trinajstić information content (AvgIpc) is 2.52. The third-order valence-electron chi connectivity index (χ3n) is 3.73. The van der Waals surface area contributed by atoms with Crippen molar-refractivity contribution in [3.63, 3.8) is 0 Å². The number of nitrogens with zero attached hydrogens (tertiary/aromatic N) is 2. The van der Waals surface area contributed by atoms with E-state index in [0.717, 1.165) is 62.5 Å². The number of rotatable bonds is 6. The zero-order chi connectivity index (χ0) is 14.4. The van der Waals surface area contributed by atoms with Gasteiger partial charge in [-0.15, -0.1) is 0 Å². The van der Waals surface area contributed by atoms with Gasteiger partial charge in [0.2, 0.25) is 0 Å². The molecule has 4 heteroatoms. The number of aliphatic hydroxyl groups excluding tert-OH is 1. The Balaban J connectivity index is 2.09. The lowest BCUT2D eigenvalue weighted by atomic mass is 10.1. The zero-order valence-electron chi connectivity index (χ0n) is 12.6. The minimum atomic E-state index is 0.0755. The van der Waals surface area contributed by atoms with Crippen LogP contribution >= 0.6 is 0 Å². The zero-order valence-corrected chi connectivity index (χ0v) is 12.6. The van der Waals surface area contributed by atoms with Crippen molar-refractivity contribution in [2.24, 2.45) is 0 Å². The van der Waals surface area contributed by atoms with E-state index in [1.807, 2.05) is 12.1 Å². The topological polar surface area (TPSA) is 45.6 Å². The molecule has 0 amide bonds. The van der Waals surface area contributed by atoms with Crippen LogP contribution in [0.5, 0.6) is 0 Å². The van der Waals surface area contributed by atoms with Crippen molar-refractivity contribution in [3.8, 4) is 0 Å². The van der Waals surface area contributed by atoms with Gasteiger partial charge in [-0.3, -0.25) is 0 Å². The van der Waals surface area contributed by atoms with E-state index in [0.29, 0.717) is 6.10 Å². The normalized spacial score (nSPS) is 19.4. The molecule has 0 spiro atoms. The van der Waals surface area contributed by atoms with Crippen LogP contribution in [0.2, 0.25) is 0 Å². The largest absolute Gasteiger partial charge is 0.392 e. The summed E-state index contributed by atoms with van der Waals surface area (Å²) in [7, 11) is 0. The van der Waals surface area contributed by atoms with Crippen LogP contribution in [-0.4, -0.2) is 35.9 Å². The first kappa shape index (κ1) is 15.3. The fraction of sp³-hybridized carbons (Fsp3) is 0.688. The van der Waals surface area contributed by atoms with E-state index in [1.165, 1.54) is 0 Å². The number of ether oxygens (including phenoxy) is 1. The van der Waals surface area contributed by atoms with Crippen LogP contribution in [0, 0.1) is 0 Å². The van der Waals surface area contributed by atoms with Crippen LogP contribution in [0.15, 0.2) is 12.1 Å². The molecule has 1 N–H and O–H groups in total. The second-order valence-electron chi connectivity index (χ2n) is 5.42. The van der Waals surface area contributed by atoms with Gasteiger partial charge in [0.05, 0.1) is 12.7 Å². The second-order valence-corrected chi connectivity index (χ2v) is 5.42. The highest BCUT2D eigenvalue weighted by Gasteiger charge is 2.21. The van der Waals surface area contributed by atoms with E-state index in [-0.39, 0.29) is 6.61 Å². The first-order valence-corrected chi connectivity index (χ1v) is 7.74. The molecule has 1 atom stereocenters. The molecule has 0 saturated carbocycles. The standard InChI is InChI=1S/C16H26N2O2/c1-3-8-20-15-6-5-7-18(11-15)16-10-13(12-19)9-14(4-2)17-16/h9-10,15,19H,3-8,11-12H2,1-2H3. The molecule has 1 aliphatic heterocycles. The maximum Gasteiger partial charge on any atom is 0.129 e. The third-order valence-corrected chi connectivity index (χ3v) is 3.73. The van der Waals surface area contributed by atoms with Gasteiger partial charge in [0, 0.05) is 25.4 Å². The summed E-state index contributed by atoms with van der Waals surface area (Å²) in [5, 5.41) is 9.38. The van der Waals surface area contributed by atoms with Crippen LogP contribution in [0.4, 0.5) is 5.82 Å². The van der Waals surface area contributed by atoms with Gasteiger partial charge in [0.15, 0.2) is 0 Å². The lowest BCUT2D eigenvalue weighted by Gasteiger charge is -2.33. The fourth-order valence-corrected chi connectivity index (χ4v) is 2.63. The van der Waals surface area contributed by atoms with Crippen LogP contribution in [-0.2, 0) is 17.8 Å². The first-order valence-electron chi connectivity index (χ1n) is 7.74. The molecule has 1 unspecified atom stereocenters. The number of aromatic nitrogens is 1. The highest BCUT2D eigenvalue weighted by molar-refractivity contribution is 5.43. The molecule has 1 saturated heterocycles. The van der Waals surface area contributed by atoms with Gasteiger partial charge in [0.25, 0.3) is 0 Å². The Bertz CT molecular complexity index is 401. The summed E-state index contributed by atoms with van der Waals surface area (Å²) in [6.45, 7) is 7.08. The SMILES string of the molecule is CCCOC1CCCN(c2cc(CO)cc(CC)n2)C1. The minimum absolute atomic E-state index is 0.0755. The molecule has 1 aliphatic rings. The van der Waals surface area contributed by atoms with Crippen LogP contribution < -0.4 is 4.90 Å². The molecular weight excluding hydrogens is 252 g/mol. The van der Waals surface area contributed by atoms with Gasteiger partial charge in [0.1, 0.15) is 5.82 Å². The molecule has 20 heavy (non-hydrogen) atoms. The number of hydrogen-bond donors (Lipinski definition) is 1.